The summed E-state index contributed by atoms with van der Waals surface area (Å²) in [4.78, 5) is 10.4. The van der Waals surface area contributed by atoms with E-state index in [2.05, 4.69) is 0 Å². The van der Waals surface area contributed by atoms with Crippen molar-refractivity contribution >= 4 is 5.97 Å². The van der Waals surface area contributed by atoms with Gasteiger partial charge >= 0.3 is 5.97 Å². The van der Waals surface area contributed by atoms with Crippen LogP contribution in [0.25, 0.3) is 0 Å². The monoisotopic (exact) mass is 394 g/mol. The maximum Gasteiger partial charge on any atom is 0.303 e. The van der Waals surface area contributed by atoms with Gasteiger partial charge in [0.1, 0.15) is 6.10 Å². The number of ether oxygens (including phenoxy) is 1. The van der Waals surface area contributed by atoms with Crippen LogP contribution in [0.15, 0.2) is 48.6 Å². The van der Waals surface area contributed by atoms with Gasteiger partial charge in [-0.2, -0.15) is 0 Å². The van der Waals surface area contributed by atoms with Crippen LogP contribution in [-0.2, 0) is 9.53 Å². The Morgan fingerprint density at radius 3 is 2.54 bits per heavy atom. The fourth-order valence-electron chi connectivity index (χ4n) is 2.84. The van der Waals surface area contributed by atoms with E-state index >= 15 is 0 Å². The van der Waals surface area contributed by atoms with Gasteiger partial charge < -0.3 is 25.2 Å². The number of carbonyl (C=O) groups is 1. The number of hydrogen-bond acceptors (Lipinski definition) is 5. The molecule has 158 valence electrons. The standard InChI is InChI=1S/C22H34O6/c1-2-3-8-11-17(23)14-15-20-19(25)16-21(28-20)18(24)12-9-6-4-5-7-10-13-22(26)27/h3,5-9,14-15,17-21,23-25H,2,4,10-13,16H2,1H3,(H,26,27)/b7-5-,8-3-,9-6-,15-14+/t17-,18+,19-,20+,21+/m1/s1. The second-order valence-electron chi connectivity index (χ2n) is 6.92. The summed E-state index contributed by atoms with van der Waals surface area (Å²) in [6.45, 7) is 2.03. The summed E-state index contributed by atoms with van der Waals surface area (Å²) in [5.74, 6) is -0.807. The van der Waals surface area contributed by atoms with E-state index in [4.69, 9.17) is 9.84 Å². The minimum atomic E-state index is -0.807. The van der Waals surface area contributed by atoms with E-state index in [-0.39, 0.29) is 6.42 Å². The second-order valence-corrected chi connectivity index (χ2v) is 6.92. The zero-order chi connectivity index (χ0) is 20.8. The van der Waals surface area contributed by atoms with Gasteiger partial charge in [0.05, 0.1) is 24.4 Å². The lowest BCUT2D eigenvalue weighted by Gasteiger charge is -2.16. The first kappa shape index (κ1) is 24.3. The van der Waals surface area contributed by atoms with Crippen molar-refractivity contribution in [3.05, 3.63) is 48.6 Å². The van der Waals surface area contributed by atoms with Crippen LogP contribution in [0.3, 0.4) is 0 Å². The van der Waals surface area contributed by atoms with Crippen LogP contribution < -0.4 is 0 Å². The van der Waals surface area contributed by atoms with Crippen molar-refractivity contribution < 1.29 is 30.0 Å². The van der Waals surface area contributed by atoms with Crippen LogP contribution in [0.2, 0.25) is 0 Å². The third kappa shape index (κ3) is 10.6. The number of hydrogen-bond donors (Lipinski definition) is 4. The van der Waals surface area contributed by atoms with Crippen molar-refractivity contribution in [3.8, 4) is 0 Å². The third-order valence-electron chi connectivity index (χ3n) is 4.42. The Morgan fingerprint density at radius 2 is 1.82 bits per heavy atom. The molecule has 4 N–H and O–H groups in total. The molecule has 0 saturated carbocycles. The lowest BCUT2D eigenvalue weighted by Crippen LogP contribution is -2.25. The molecule has 5 atom stereocenters. The summed E-state index contributed by atoms with van der Waals surface area (Å²) in [5.41, 5.74) is 0. The fourth-order valence-corrected chi connectivity index (χ4v) is 2.84. The number of rotatable bonds is 13. The minimum Gasteiger partial charge on any atom is -0.481 e. The van der Waals surface area contributed by atoms with E-state index in [0.29, 0.717) is 32.1 Å². The van der Waals surface area contributed by atoms with E-state index in [1.807, 2.05) is 43.4 Å². The summed E-state index contributed by atoms with van der Waals surface area (Å²) in [6, 6.07) is 0. The van der Waals surface area contributed by atoms with Crippen LogP contribution in [0.5, 0.6) is 0 Å². The lowest BCUT2D eigenvalue weighted by atomic mass is 10.0. The Balaban J connectivity index is 2.31. The maximum atomic E-state index is 10.4. The van der Waals surface area contributed by atoms with Crippen molar-refractivity contribution in [2.24, 2.45) is 0 Å². The smallest absolute Gasteiger partial charge is 0.303 e. The van der Waals surface area contributed by atoms with Crippen LogP contribution in [0, 0.1) is 0 Å². The van der Waals surface area contributed by atoms with Gasteiger partial charge in [0.15, 0.2) is 0 Å². The van der Waals surface area contributed by atoms with Gasteiger partial charge in [-0.05, 0) is 32.1 Å². The van der Waals surface area contributed by atoms with E-state index in [1.54, 1.807) is 12.2 Å². The molecule has 28 heavy (non-hydrogen) atoms. The average Bonchev–Trinajstić information content (AvgIpc) is 3.03. The zero-order valence-electron chi connectivity index (χ0n) is 16.6. The molecule has 0 aliphatic carbocycles. The molecule has 1 fully saturated rings. The molecule has 0 aromatic heterocycles. The molecule has 0 unspecified atom stereocenters. The molecule has 1 saturated heterocycles. The van der Waals surface area contributed by atoms with E-state index in [9.17, 15) is 20.1 Å². The second kappa shape index (κ2) is 14.3. The highest BCUT2D eigenvalue weighted by molar-refractivity contribution is 5.66. The van der Waals surface area contributed by atoms with Gasteiger partial charge in [-0.3, -0.25) is 4.79 Å². The Bertz CT molecular complexity index is 551. The molecule has 0 amide bonds. The predicted octanol–water partition coefficient (Wildman–Crippen LogP) is 2.90. The molecule has 0 radical (unpaired) electrons. The Morgan fingerprint density at radius 1 is 1.11 bits per heavy atom. The van der Waals surface area contributed by atoms with Crippen molar-refractivity contribution in [1.82, 2.24) is 0 Å². The van der Waals surface area contributed by atoms with E-state index in [1.165, 1.54) is 0 Å². The van der Waals surface area contributed by atoms with Crippen molar-refractivity contribution in [2.75, 3.05) is 0 Å². The quantitative estimate of drug-likeness (QED) is 0.358. The van der Waals surface area contributed by atoms with E-state index in [0.717, 1.165) is 6.42 Å². The molecule has 6 heteroatoms. The van der Waals surface area contributed by atoms with E-state index < -0.39 is 36.5 Å². The maximum absolute atomic E-state index is 10.4. The summed E-state index contributed by atoms with van der Waals surface area (Å²) in [6.07, 6.45) is 15.2. The Labute approximate surface area is 167 Å². The molecule has 0 aromatic carbocycles. The molecule has 6 nitrogen and oxygen atoms in total. The van der Waals surface area contributed by atoms with Crippen molar-refractivity contribution in [1.29, 1.82) is 0 Å². The third-order valence-corrected chi connectivity index (χ3v) is 4.42. The fraction of sp³-hybridized carbons (Fsp3) is 0.591. The molecular weight excluding hydrogens is 360 g/mol. The highest BCUT2D eigenvalue weighted by Gasteiger charge is 2.35. The molecule has 1 aliphatic rings. The molecule has 0 spiro atoms. The first-order chi connectivity index (χ1) is 13.4. The van der Waals surface area contributed by atoms with Crippen LogP contribution in [0.4, 0.5) is 0 Å². The van der Waals surface area contributed by atoms with Crippen LogP contribution in [0.1, 0.15) is 51.9 Å². The summed E-state index contributed by atoms with van der Waals surface area (Å²) in [7, 11) is 0. The zero-order valence-corrected chi connectivity index (χ0v) is 16.6. The normalized spacial score (nSPS) is 25.5. The molecule has 1 aliphatic heterocycles. The van der Waals surface area contributed by atoms with Gasteiger partial charge in [-0.25, -0.2) is 0 Å². The SMILES string of the molecule is CC/C=C\C[C@@H](O)/C=C/[C@@H]1O[C@H]([C@@H](O)C/C=C\C/C=C\CCC(=O)O)C[C@H]1O. The Kier molecular flexibility index (Phi) is 12.4. The first-order valence-electron chi connectivity index (χ1n) is 9.98. The number of aliphatic hydroxyl groups is 3. The largest absolute Gasteiger partial charge is 0.481 e. The number of carboxylic acids is 1. The number of allylic oxidation sites excluding steroid dienone is 4. The predicted molar refractivity (Wildman–Crippen MR) is 109 cm³/mol. The highest BCUT2D eigenvalue weighted by atomic mass is 16.5. The van der Waals surface area contributed by atoms with Crippen LogP contribution in [-0.4, -0.2) is 56.9 Å². The topological polar surface area (TPSA) is 107 Å². The van der Waals surface area contributed by atoms with Crippen molar-refractivity contribution in [2.45, 2.75) is 82.4 Å². The number of aliphatic hydroxyl groups excluding tert-OH is 3. The van der Waals surface area contributed by atoms with Gasteiger partial charge in [-0.1, -0.05) is 55.5 Å². The Hall–Kier alpha value is -1.73. The van der Waals surface area contributed by atoms with Gasteiger partial charge in [-0.15, -0.1) is 0 Å². The van der Waals surface area contributed by atoms with Gasteiger partial charge in [0.2, 0.25) is 0 Å². The lowest BCUT2D eigenvalue weighted by molar-refractivity contribution is -0.136. The first-order valence-corrected chi connectivity index (χ1v) is 9.98. The number of carboxylic acid groups (broad SMARTS) is 1. The molecule has 0 aromatic rings. The van der Waals surface area contributed by atoms with Crippen molar-refractivity contribution in [3.63, 3.8) is 0 Å². The molecule has 0 bridgehead atoms. The summed E-state index contributed by atoms with van der Waals surface area (Å²) in [5, 5.41) is 38.8. The number of aliphatic carboxylic acids is 1. The van der Waals surface area contributed by atoms with Gasteiger partial charge in [0, 0.05) is 12.8 Å². The van der Waals surface area contributed by atoms with Gasteiger partial charge in [0.25, 0.3) is 0 Å². The summed E-state index contributed by atoms with van der Waals surface area (Å²) >= 11 is 0. The molecule has 1 heterocycles. The summed E-state index contributed by atoms with van der Waals surface area (Å²) < 4.78 is 5.72. The molecular formula is C22H34O6. The highest BCUT2D eigenvalue weighted by Crippen LogP contribution is 2.25. The molecule has 1 rings (SSSR count). The minimum absolute atomic E-state index is 0.127. The van der Waals surface area contributed by atoms with Crippen LogP contribution >= 0.6 is 0 Å². The average molecular weight is 395 g/mol.